The Morgan fingerprint density at radius 2 is 1.73 bits per heavy atom. The summed E-state index contributed by atoms with van der Waals surface area (Å²) in [7, 11) is 0. The quantitative estimate of drug-likeness (QED) is 0.801. The number of hydrogen-bond acceptors (Lipinski definition) is 2. The second-order valence-electron chi connectivity index (χ2n) is 6.19. The van der Waals surface area contributed by atoms with Gasteiger partial charge in [-0.3, -0.25) is 4.79 Å². The molecule has 0 spiro atoms. The van der Waals surface area contributed by atoms with Crippen molar-refractivity contribution in [3.05, 3.63) is 70.1 Å². The van der Waals surface area contributed by atoms with E-state index in [1.807, 2.05) is 18.2 Å². The first-order valence-electron chi connectivity index (χ1n) is 7.92. The molecule has 0 fully saturated rings. The summed E-state index contributed by atoms with van der Waals surface area (Å²) >= 11 is 0. The Kier molecular flexibility index (Phi) is 3.11. The van der Waals surface area contributed by atoms with Crippen molar-refractivity contribution in [2.24, 2.45) is 0 Å². The lowest BCUT2D eigenvalue weighted by atomic mass is 9.85. The minimum Gasteiger partial charge on any atom is -0.360 e. The lowest BCUT2D eigenvalue weighted by Gasteiger charge is -2.37. The van der Waals surface area contributed by atoms with Crippen LogP contribution in [0.15, 0.2) is 48.5 Å². The molecule has 2 aromatic carbocycles. The average Bonchev–Trinajstić information content (AvgIpc) is 2.55. The molecule has 1 aliphatic carbocycles. The molecule has 0 saturated heterocycles. The molecule has 2 aliphatic rings. The highest BCUT2D eigenvalue weighted by atomic mass is 16.1. The van der Waals surface area contributed by atoms with Gasteiger partial charge in [-0.15, -0.1) is 0 Å². The zero-order valence-corrected chi connectivity index (χ0v) is 12.7. The van der Waals surface area contributed by atoms with Crippen LogP contribution in [0.25, 0.3) is 12.3 Å². The van der Waals surface area contributed by atoms with Gasteiger partial charge in [0.15, 0.2) is 5.78 Å². The summed E-state index contributed by atoms with van der Waals surface area (Å²) in [6, 6.07) is 16.6. The van der Waals surface area contributed by atoms with E-state index in [1.165, 1.54) is 16.0 Å². The lowest BCUT2D eigenvalue weighted by molar-refractivity contribution is 0.0851. The Bertz CT molecular complexity index is 852. The van der Waals surface area contributed by atoms with Crippen LogP contribution in [0, 0.1) is 0 Å². The number of nitrogens with zero attached hydrogens (tertiary/aromatic N) is 1. The number of fused-ring (bicyclic) bond motifs is 2. The van der Waals surface area contributed by atoms with Crippen molar-refractivity contribution in [3.8, 4) is 0 Å². The highest BCUT2D eigenvalue weighted by Gasteiger charge is 2.32. The van der Waals surface area contributed by atoms with E-state index < -0.39 is 0 Å². The summed E-state index contributed by atoms with van der Waals surface area (Å²) in [6.45, 7) is 2.17. The molecule has 110 valence electrons. The first-order valence-corrected chi connectivity index (χ1v) is 7.92. The van der Waals surface area contributed by atoms with Crippen LogP contribution in [0.5, 0.6) is 0 Å². The van der Waals surface area contributed by atoms with Crippen molar-refractivity contribution in [1.29, 1.82) is 0 Å². The van der Waals surface area contributed by atoms with Crippen molar-refractivity contribution >= 4 is 18.1 Å². The molecule has 0 bridgehead atoms. The highest BCUT2D eigenvalue weighted by molar-refractivity contribution is 6.02. The number of benzene rings is 2. The zero-order chi connectivity index (χ0) is 15.1. The average molecular weight is 289 g/mol. The van der Waals surface area contributed by atoms with Crippen LogP contribution in [0.2, 0.25) is 0 Å². The summed E-state index contributed by atoms with van der Waals surface area (Å²) in [5, 5.41) is 2.46. The Hall–Kier alpha value is -2.35. The molecule has 0 N–H and O–H groups in total. The van der Waals surface area contributed by atoms with Crippen LogP contribution >= 0.6 is 0 Å². The van der Waals surface area contributed by atoms with Gasteiger partial charge in [0.05, 0.1) is 6.04 Å². The molecule has 2 nitrogen and oxygen atoms in total. The van der Waals surface area contributed by atoms with Crippen LogP contribution < -0.4 is 10.4 Å². The third-order valence-corrected chi connectivity index (χ3v) is 4.81. The normalized spacial score (nSPS) is 23.1. The van der Waals surface area contributed by atoms with Gasteiger partial charge in [-0.05, 0) is 35.8 Å². The van der Waals surface area contributed by atoms with Gasteiger partial charge in [0, 0.05) is 17.8 Å². The van der Waals surface area contributed by atoms with E-state index in [1.54, 1.807) is 0 Å². The molecule has 4 rings (SSSR count). The Labute approximate surface area is 130 Å². The van der Waals surface area contributed by atoms with E-state index in [9.17, 15) is 4.79 Å². The number of rotatable bonds is 1. The highest BCUT2D eigenvalue weighted by Crippen LogP contribution is 2.26. The van der Waals surface area contributed by atoms with Crippen molar-refractivity contribution in [1.82, 2.24) is 4.90 Å². The minimum absolute atomic E-state index is 0.0468. The molecule has 1 aliphatic heterocycles. The number of carbonyl (C=O) groups excluding carboxylic acids is 1. The predicted molar refractivity (Wildman–Crippen MR) is 88.8 cm³/mol. The topological polar surface area (TPSA) is 20.3 Å². The monoisotopic (exact) mass is 289 g/mol. The van der Waals surface area contributed by atoms with Gasteiger partial charge in [0.1, 0.15) is 0 Å². The van der Waals surface area contributed by atoms with E-state index >= 15 is 0 Å². The van der Waals surface area contributed by atoms with Gasteiger partial charge >= 0.3 is 0 Å². The Morgan fingerprint density at radius 1 is 1.00 bits per heavy atom. The Morgan fingerprint density at radius 3 is 2.59 bits per heavy atom. The molecule has 2 heteroatoms. The van der Waals surface area contributed by atoms with Crippen molar-refractivity contribution < 1.29 is 4.79 Å². The number of ketones is 1. The van der Waals surface area contributed by atoms with Gasteiger partial charge in [-0.1, -0.05) is 54.6 Å². The second-order valence-corrected chi connectivity index (χ2v) is 6.19. The van der Waals surface area contributed by atoms with E-state index in [4.69, 9.17) is 0 Å². The Balaban J connectivity index is 1.75. The third kappa shape index (κ3) is 2.07. The predicted octanol–water partition coefficient (Wildman–Crippen LogP) is 2.11. The number of Topliss-reactive ketones (excluding diaryl/α,β-unsaturated/α-hetero) is 1. The van der Waals surface area contributed by atoms with E-state index in [0.29, 0.717) is 0 Å². The second kappa shape index (κ2) is 5.13. The summed E-state index contributed by atoms with van der Waals surface area (Å²) in [6.07, 6.45) is 6.29. The largest absolute Gasteiger partial charge is 0.360 e. The molecule has 0 aromatic heterocycles. The van der Waals surface area contributed by atoms with Crippen LogP contribution in [0.1, 0.15) is 29.3 Å². The zero-order valence-electron chi connectivity index (χ0n) is 12.7. The van der Waals surface area contributed by atoms with Crippen LogP contribution in [-0.2, 0) is 6.42 Å². The van der Waals surface area contributed by atoms with E-state index in [0.717, 1.165) is 18.4 Å². The lowest BCUT2D eigenvalue weighted by Crippen LogP contribution is -2.49. The molecule has 2 atom stereocenters. The fourth-order valence-electron chi connectivity index (χ4n) is 3.64. The van der Waals surface area contributed by atoms with Crippen LogP contribution in [0.3, 0.4) is 0 Å². The fraction of sp³-hybridized carbons (Fsp3) is 0.250. The minimum atomic E-state index is -0.0468. The summed E-state index contributed by atoms with van der Waals surface area (Å²) in [5.74, 6) is 0.262. The maximum absolute atomic E-state index is 12.9. The molecule has 22 heavy (non-hydrogen) atoms. The molecular formula is C20H19NO. The maximum atomic E-state index is 12.9. The van der Waals surface area contributed by atoms with Gasteiger partial charge in [-0.2, -0.15) is 0 Å². The maximum Gasteiger partial charge on any atom is 0.185 e. The van der Waals surface area contributed by atoms with Crippen molar-refractivity contribution in [3.63, 3.8) is 0 Å². The van der Waals surface area contributed by atoms with E-state index in [2.05, 4.69) is 54.4 Å². The summed E-state index contributed by atoms with van der Waals surface area (Å²) in [4.78, 5) is 15.1. The molecule has 0 saturated carbocycles. The molecule has 2 aromatic rings. The van der Waals surface area contributed by atoms with Gasteiger partial charge in [-0.25, -0.2) is 0 Å². The molecule has 2 unspecified atom stereocenters. The summed E-state index contributed by atoms with van der Waals surface area (Å²) < 4.78 is 0. The van der Waals surface area contributed by atoms with Gasteiger partial charge < -0.3 is 4.90 Å². The molecule has 0 amide bonds. The standard InChI is InChI=1S/C20H19NO/c1-14-12-16-7-2-3-8-17(16)13-21(14)19-11-10-15-6-4-5-9-18(15)20(19)22/h2-9,12-14,19H,10-11H2,1H3. The SMILES string of the molecule is CC1C=c2ccccc2=CN1C1CCc2ccccc2C1=O. The number of hydrogen-bond donors (Lipinski definition) is 0. The van der Waals surface area contributed by atoms with Gasteiger partial charge in [0.25, 0.3) is 0 Å². The third-order valence-electron chi connectivity index (χ3n) is 4.81. The van der Waals surface area contributed by atoms with Crippen molar-refractivity contribution in [2.75, 3.05) is 0 Å². The first-order chi connectivity index (χ1) is 10.7. The molecular weight excluding hydrogens is 270 g/mol. The first kappa shape index (κ1) is 13.3. The fourth-order valence-corrected chi connectivity index (χ4v) is 3.64. The van der Waals surface area contributed by atoms with Crippen LogP contribution in [0.4, 0.5) is 0 Å². The summed E-state index contributed by atoms with van der Waals surface area (Å²) in [5.41, 5.74) is 2.09. The number of aryl methyl sites for hydroxylation is 1. The van der Waals surface area contributed by atoms with Crippen molar-refractivity contribution in [2.45, 2.75) is 31.8 Å². The van der Waals surface area contributed by atoms with E-state index in [-0.39, 0.29) is 17.9 Å². The number of carbonyl (C=O) groups is 1. The molecule has 1 heterocycles. The van der Waals surface area contributed by atoms with Crippen LogP contribution in [-0.4, -0.2) is 22.8 Å². The smallest absolute Gasteiger partial charge is 0.185 e. The van der Waals surface area contributed by atoms with Gasteiger partial charge in [0.2, 0.25) is 0 Å². The molecule has 0 radical (unpaired) electrons.